The predicted octanol–water partition coefficient (Wildman–Crippen LogP) is 3.17. The van der Waals surface area contributed by atoms with E-state index in [0.717, 1.165) is 25.2 Å². The second-order valence-electron chi connectivity index (χ2n) is 7.21. The Morgan fingerprint density at radius 2 is 1.81 bits per heavy atom. The number of rotatable bonds is 8. The van der Waals surface area contributed by atoms with E-state index in [4.69, 9.17) is 27.9 Å². The van der Waals surface area contributed by atoms with Gasteiger partial charge in [-0.2, -0.15) is 0 Å². The Hall–Kier alpha value is -2.32. The van der Waals surface area contributed by atoms with Gasteiger partial charge in [0.15, 0.2) is 0 Å². The highest BCUT2D eigenvalue weighted by molar-refractivity contribution is 6.36. The molecule has 1 atom stereocenters. The molecule has 0 saturated carbocycles. The van der Waals surface area contributed by atoms with Crippen molar-refractivity contribution in [1.82, 2.24) is 15.5 Å². The van der Waals surface area contributed by atoms with Gasteiger partial charge >= 0.3 is 6.03 Å². The van der Waals surface area contributed by atoms with Crippen molar-refractivity contribution in [2.45, 2.75) is 12.5 Å². The number of carbonyl (C=O) groups excluding carboxylic acids is 2. The van der Waals surface area contributed by atoms with Crippen molar-refractivity contribution in [1.29, 1.82) is 0 Å². The zero-order valence-electron chi connectivity index (χ0n) is 17.1. The second kappa shape index (κ2) is 11.9. The van der Waals surface area contributed by atoms with Crippen LogP contribution in [0.1, 0.15) is 5.56 Å². The number of nitrogens with zero attached hydrogens (tertiary/aromatic N) is 1. The maximum Gasteiger partial charge on any atom is 0.319 e. The molecule has 3 amide bonds. The Labute approximate surface area is 192 Å². The normalized spacial score (nSPS) is 15.2. The van der Waals surface area contributed by atoms with Gasteiger partial charge in [0, 0.05) is 37.6 Å². The standard InChI is InChI=1S/C22H26Cl2N4O3/c23-17-6-7-19(18(24)15-17)26-22(30)27-20(14-16-4-2-1-3-5-16)21(29)25-8-9-28-10-12-31-13-11-28/h1-7,15,20H,8-14H2,(H,25,29)(H2,26,27,30). The molecule has 0 aliphatic carbocycles. The van der Waals surface area contributed by atoms with Crippen LogP contribution in [0.15, 0.2) is 48.5 Å². The summed E-state index contributed by atoms with van der Waals surface area (Å²) in [5.74, 6) is -0.241. The Morgan fingerprint density at radius 3 is 2.52 bits per heavy atom. The van der Waals surface area contributed by atoms with Crippen LogP contribution in [0, 0.1) is 0 Å². The minimum absolute atomic E-state index is 0.241. The lowest BCUT2D eigenvalue weighted by Crippen LogP contribution is -2.51. The molecule has 0 aromatic heterocycles. The Kier molecular flexibility index (Phi) is 8.97. The molecule has 166 valence electrons. The fourth-order valence-corrected chi connectivity index (χ4v) is 3.71. The highest BCUT2D eigenvalue weighted by Gasteiger charge is 2.22. The number of hydrogen-bond acceptors (Lipinski definition) is 4. The van der Waals surface area contributed by atoms with Gasteiger partial charge < -0.3 is 20.7 Å². The number of halogens is 2. The fourth-order valence-electron chi connectivity index (χ4n) is 3.25. The Balaban J connectivity index is 1.59. The van der Waals surface area contributed by atoms with E-state index in [-0.39, 0.29) is 5.91 Å². The van der Waals surface area contributed by atoms with E-state index in [9.17, 15) is 9.59 Å². The molecular weight excluding hydrogens is 439 g/mol. The van der Waals surface area contributed by atoms with E-state index < -0.39 is 12.1 Å². The maximum absolute atomic E-state index is 12.8. The maximum atomic E-state index is 12.8. The smallest absolute Gasteiger partial charge is 0.319 e. The minimum Gasteiger partial charge on any atom is -0.379 e. The SMILES string of the molecule is O=C(Nc1ccc(Cl)cc1Cl)NC(Cc1ccccc1)C(=O)NCCN1CCOCC1. The predicted molar refractivity (Wildman–Crippen MR) is 123 cm³/mol. The second-order valence-corrected chi connectivity index (χ2v) is 8.05. The zero-order valence-corrected chi connectivity index (χ0v) is 18.6. The van der Waals surface area contributed by atoms with Crippen molar-refractivity contribution in [3.8, 4) is 0 Å². The van der Waals surface area contributed by atoms with Crippen molar-refractivity contribution in [3.05, 3.63) is 64.1 Å². The number of urea groups is 1. The van der Waals surface area contributed by atoms with E-state index >= 15 is 0 Å². The molecule has 2 aromatic rings. The van der Waals surface area contributed by atoms with Gasteiger partial charge in [-0.25, -0.2) is 4.79 Å². The van der Waals surface area contributed by atoms with E-state index in [1.807, 2.05) is 30.3 Å². The number of ether oxygens (including phenoxy) is 1. The molecule has 1 saturated heterocycles. The van der Waals surface area contributed by atoms with Gasteiger partial charge in [0.05, 0.1) is 23.9 Å². The molecule has 31 heavy (non-hydrogen) atoms. The minimum atomic E-state index is -0.738. The quantitative estimate of drug-likeness (QED) is 0.560. The molecule has 3 rings (SSSR count). The third-order valence-electron chi connectivity index (χ3n) is 4.91. The lowest BCUT2D eigenvalue weighted by atomic mass is 10.1. The third-order valence-corrected chi connectivity index (χ3v) is 5.46. The number of morpholine rings is 1. The molecule has 1 aliphatic heterocycles. The van der Waals surface area contributed by atoms with Gasteiger partial charge in [0.25, 0.3) is 0 Å². The highest BCUT2D eigenvalue weighted by Crippen LogP contribution is 2.25. The van der Waals surface area contributed by atoms with Gasteiger partial charge in [-0.15, -0.1) is 0 Å². The number of amides is 3. The summed E-state index contributed by atoms with van der Waals surface area (Å²) >= 11 is 12.0. The van der Waals surface area contributed by atoms with Crippen molar-refractivity contribution < 1.29 is 14.3 Å². The van der Waals surface area contributed by atoms with Crippen molar-refractivity contribution in [2.75, 3.05) is 44.7 Å². The van der Waals surface area contributed by atoms with Crippen LogP contribution in [-0.4, -0.2) is 62.3 Å². The Bertz CT molecular complexity index is 876. The first kappa shape index (κ1) is 23.3. The molecule has 7 nitrogen and oxygen atoms in total. The Morgan fingerprint density at radius 1 is 1.06 bits per heavy atom. The summed E-state index contributed by atoms with van der Waals surface area (Å²) in [6.07, 6.45) is 0.367. The molecular formula is C22H26Cl2N4O3. The molecule has 3 N–H and O–H groups in total. The van der Waals surface area contributed by atoms with E-state index in [1.54, 1.807) is 18.2 Å². The van der Waals surface area contributed by atoms with Crippen molar-refractivity contribution in [3.63, 3.8) is 0 Å². The number of carbonyl (C=O) groups is 2. The van der Waals surface area contributed by atoms with Crippen LogP contribution in [0.3, 0.4) is 0 Å². The summed E-state index contributed by atoms with van der Waals surface area (Å²) in [7, 11) is 0. The van der Waals surface area contributed by atoms with Crippen LogP contribution in [0.5, 0.6) is 0 Å². The van der Waals surface area contributed by atoms with E-state index in [1.165, 1.54) is 0 Å². The summed E-state index contributed by atoms with van der Waals surface area (Å²) in [5, 5.41) is 9.15. The molecule has 1 heterocycles. The van der Waals surface area contributed by atoms with Crippen molar-refractivity contribution in [2.24, 2.45) is 0 Å². The summed E-state index contributed by atoms with van der Waals surface area (Å²) in [4.78, 5) is 27.6. The van der Waals surface area contributed by atoms with Crippen molar-refractivity contribution >= 4 is 40.8 Å². The largest absolute Gasteiger partial charge is 0.379 e. The lowest BCUT2D eigenvalue weighted by Gasteiger charge is -2.27. The fraction of sp³-hybridized carbons (Fsp3) is 0.364. The molecule has 9 heteroatoms. The van der Waals surface area contributed by atoms with Crippen LogP contribution < -0.4 is 16.0 Å². The molecule has 1 fully saturated rings. The lowest BCUT2D eigenvalue weighted by molar-refractivity contribution is -0.122. The topological polar surface area (TPSA) is 82.7 Å². The summed E-state index contributed by atoms with van der Waals surface area (Å²) in [6.45, 7) is 4.35. The van der Waals surface area contributed by atoms with Gasteiger partial charge in [0.1, 0.15) is 6.04 Å². The monoisotopic (exact) mass is 464 g/mol. The number of hydrogen-bond donors (Lipinski definition) is 3. The van der Waals surface area contributed by atoms with Crippen LogP contribution >= 0.6 is 23.2 Å². The van der Waals surface area contributed by atoms with Crippen LogP contribution in [0.4, 0.5) is 10.5 Å². The first-order valence-electron chi connectivity index (χ1n) is 10.2. The summed E-state index contributed by atoms with van der Waals surface area (Å²) in [6, 6.07) is 13.1. The summed E-state index contributed by atoms with van der Waals surface area (Å²) in [5.41, 5.74) is 1.36. The number of benzene rings is 2. The van der Waals surface area contributed by atoms with Gasteiger partial charge in [-0.05, 0) is 23.8 Å². The summed E-state index contributed by atoms with van der Waals surface area (Å²) < 4.78 is 5.34. The van der Waals surface area contributed by atoms with Crippen LogP contribution in [0.2, 0.25) is 10.0 Å². The molecule has 0 bridgehead atoms. The zero-order chi connectivity index (χ0) is 22.1. The molecule has 1 unspecified atom stereocenters. The molecule has 0 radical (unpaired) electrons. The average molecular weight is 465 g/mol. The van der Waals surface area contributed by atoms with E-state index in [2.05, 4.69) is 20.9 Å². The average Bonchev–Trinajstić information content (AvgIpc) is 2.77. The van der Waals surface area contributed by atoms with Gasteiger partial charge in [-0.3, -0.25) is 9.69 Å². The first-order valence-corrected chi connectivity index (χ1v) is 10.9. The molecule has 1 aliphatic rings. The third kappa shape index (κ3) is 7.70. The number of anilines is 1. The van der Waals surface area contributed by atoms with E-state index in [0.29, 0.717) is 41.9 Å². The van der Waals surface area contributed by atoms with Gasteiger partial charge in [-0.1, -0.05) is 53.5 Å². The van der Waals surface area contributed by atoms with Gasteiger partial charge in [0.2, 0.25) is 5.91 Å². The molecule has 0 spiro atoms. The highest BCUT2D eigenvalue weighted by atomic mass is 35.5. The van der Waals surface area contributed by atoms with Crippen LogP contribution in [-0.2, 0) is 16.0 Å². The number of nitrogens with one attached hydrogen (secondary N) is 3. The molecule has 2 aromatic carbocycles. The first-order chi connectivity index (χ1) is 15.0. The van der Waals surface area contributed by atoms with Crippen LogP contribution in [0.25, 0.3) is 0 Å².